The van der Waals surface area contributed by atoms with E-state index in [1.165, 1.54) is 5.56 Å². The normalized spacial score (nSPS) is 22.4. The molecule has 1 aromatic rings. The maximum Gasteiger partial charge on any atom is 0.139 e. The third kappa shape index (κ3) is 2.61. The Kier molecular flexibility index (Phi) is 4.34. The lowest BCUT2D eigenvalue weighted by Crippen LogP contribution is -2.30. The van der Waals surface area contributed by atoms with Crippen molar-refractivity contribution in [3.8, 4) is 5.75 Å². The van der Waals surface area contributed by atoms with E-state index in [2.05, 4.69) is 35.1 Å². The smallest absolute Gasteiger partial charge is 0.139 e. The first kappa shape index (κ1) is 13.2. The molecule has 1 N–H and O–H groups in total. The van der Waals surface area contributed by atoms with Gasteiger partial charge in [0.1, 0.15) is 11.9 Å². The maximum absolute atomic E-state index is 6.11. The summed E-state index contributed by atoms with van der Waals surface area (Å²) in [4.78, 5) is 0. The molecule has 17 heavy (non-hydrogen) atoms. The van der Waals surface area contributed by atoms with E-state index in [0.717, 1.165) is 34.6 Å². The number of rotatable bonds is 4. The maximum atomic E-state index is 6.11. The van der Waals surface area contributed by atoms with Gasteiger partial charge in [-0.3, -0.25) is 0 Å². The molecule has 4 heteroatoms. The predicted molar refractivity (Wildman–Crippen MR) is 74.9 cm³/mol. The van der Waals surface area contributed by atoms with Gasteiger partial charge in [0, 0.05) is 10.6 Å². The fourth-order valence-electron chi connectivity index (χ4n) is 2.33. The van der Waals surface area contributed by atoms with Crippen LogP contribution in [0.3, 0.4) is 0 Å². The lowest BCUT2D eigenvalue weighted by molar-refractivity contribution is 0.178. The highest BCUT2D eigenvalue weighted by molar-refractivity contribution is 9.10. The lowest BCUT2D eigenvalue weighted by atomic mass is 10.0. The highest BCUT2D eigenvalue weighted by Gasteiger charge is 2.34. The second-order valence-electron chi connectivity index (χ2n) is 4.29. The van der Waals surface area contributed by atoms with Crippen LogP contribution in [0.25, 0.3) is 0 Å². The Labute approximate surface area is 116 Å². The minimum atomic E-state index is 0.213. The first-order valence-electron chi connectivity index (χ1n) is 6.06. The summed E-state index contributed by atoms with van der Waals surface area (Å²) in [5.41, 5.74) is 1.17. The van der Waals surface area contributed by atoms with Crippen LogP contribution in [0.4, 0.5) is 0 Å². The molecule has 0 spiro atoms. The van der Waals surface area contributed by atoms with Crippen LogP contribution in [-0.4, -0.2) is 12.6 Å². The molecule has 0 bridgehead atoms. The van der Waals surface area contributed by atoms with Gasteiger partial charge >= 0.3 is 0 Å². The summed E-state index contributed by atoms with van der Waals surface area (Å²) in [5, 5.41) is 4.23. The number of fused-ring (bicyclic) bond motifs is 1. The second kappa shape index (κ2) is 5.59. The van der Waals surface area contributed by atoms with Crippen LogP contribution in [0.2, 0.25) is 5.02 Å². The van der Waals surface area contributed by atoms with Gasteiger partial charge in [0.05, 0.1) is 10.5 Å². The van der Waals surface area contributed by atoms with Gasteiger partial charge in [-0.25, -0.2) is 0 Å². The van der Waals surface area contributed by atoms with Crippen LogP contribution in [0.15, 0.2) is 16.6 Å². The molecule has 1 aliphatic heterocycles. The molecule has 0 saturated heterocycles. The standard InChI is InChI=1S/C13H17BrClNO/c1-3-5-11-12(16-4-2)9-6-8(15)7-10(14)13(9)17-11/h6-7,11-12,16H,3-5H2,1-2H3. The molecule has 2 atom stereocenters. The molecule has 1 heterocycles. The molecule has 0 amide bonds. The lowest BCUT2D eigenvalue weighted by Gasteiger charge is -2.19. The first-order valence-corrected chi connectivity index (χ1v) is 7.23. The van der Waals surface area contributed by atoms with Crippen LogP contribution in [0.5, 0.6) is 5.75 Å². The van der Waals surface area contributed by atoms with E-state index in [4.69, 9.17) is 16.3 Å². The van der Waals surface area contributed by atoms with E-state index >= 15 is 0 Å². The number of likely N-dealkylation sites (N-methyl/N-ethyl adjacent to an activating group) is 1. The van der Waals surface area contributed by atoms with Crippen LogP contribution in [0, 0.1) is 0 Å². The molecule has 1 aliphatic rings. The highest BCUT2D eigenvalue weighted by Crippen LogP contribution is 2.44. The van der Waals surface area contributed by atoms with Crippen LogP contribution < -0.4 is 10.1 Å². The summed E-state index contributed by atoms with van der Waals surface area (Å²) < 4.78 is 6.98. The zero-order valence-electron chi connectivity index (χ0n) is 10.1. The molecule has 2 rings (SSSR count). The molecule has 94 valence electrons. The van der Waals surface area contributed by atoms with Gasteiger partial charge in [-0.1, -0.05) is 31.9 Å². The zero-order valence-corrected chi connectivity index (χ0v) is 12.4. The van der Waals surface area contributed by atoms with Gasteiger partial charge in [-0.15, -0.1) is 0 Å². The van der Waals surface area contributed by atoms with Gasteiger partial charge in [-0.2, -0.15) is 0 Å². The zero-order chi connectivity index (χ0) is 12.4. The van der Waals surface area contributed by atoms with Crippen molar-refractivity contribution in [1.29, 1.82) is 0 Å². The fraction of sp³-hybridized carbons (Fsp3) is 0.538. The van der Waals surface area contributed by atoms with Crippen molar-refractivity contribution in [3.05, 3.63) is 27.2 Å². The first-order chi connectivity index (χ1) is 8.17. The van der Waals surface area contributed by atoms with Crippen LogP contribution in [0.1, 0.15) is 38.3 Å². The Balaban J connectivity index is 2.35. The van der Waals surface area contributed by atoms with E-state index in [9.17, 15) is 0 Å². The monoisotopic (exact) mass is 317 g/mol. The van der Waals surface area contributed by atoms with E-state index in [1.807, 2.05) is 12.1 Å². The van der Waals surface area contributed by atoms with Gasteiger partial charge in [0.2, 0.25) is 0 Å². The van der Waals surface area contributed by atoms with Crippen molar-refractivity contribution in [2.24, 2.45) is 0 Å². The average molecular weight is 319 g/mol. The third-order valence-corrected chi connectivity index (χ3v) is 3.82. The van der Waals surface area contributed by atoms with E-state index < -0.39 is 0 Å². The van der Waals surface area contributed by atoms with Crippen molar-refractivity contribution in [3.63, 3.8) is 0 Å². The average Bonchev–Trinajstić information content (AvgIpc) is 2.59. The summed E-state index contributed by atoms with van der Waals surface area (Å²) in [6, 6.07) is 4.15. The number of nitrogens with one attached hydrogen (secondary N) is 1. The Hall–Kier alpha value is -0.250. The molecule has 0 radical (unpaired) electrons. The second-order valence-corrected chi connectivity index (χ2v) is 5.58. The Morgan fingerprint density at radius 3 is 2.82 bits per heavy atom. The summed E-state index contributed by atoms with van der Waals surface area (Å²) >= 11 is 9.62. The van der Waals surface area contributed by atoms with Gasteiger partial charge in [0.15, 0.2) is 0 Å². The number of hydrogen-bond donors (Lipinski definition) is 1. The van der Waals surface area contributed by atoms with Crippen LogP contribution >= 0.6 is 27.5 Å². The van der Waals surface area contributed by atoms with E-state index in [0.29, 0.717) is 0 Å². The summed E-state index contributed by atoms with van der Waals surface area (Å²) in [6.07, 6.45) is 2.38. The SMILES string of the molecule is CCCC1Oc2c(Br)cc(Cl)cc2C1NCC. The van der Waals surface area contributed by atoms with Crippen molar-refractivity contribution >= 4 is 27.5 Å². The summed E-state index contributed by atoms with van der Waals surface area (Å²) in [5.74, 6) is 0.943. The molecule has 0 aliphatic carbocycles. The highest BCUT2D eigenvalue weighted by atomic mass is 79.9. The summed E-state index contributed by atoms with van der Waals surface area (Å²) in [6.45, 7) is 5.22. The molecule has 0 fully saturated rings. The van der Waals surface area contributed by atoms with Crippen molar-refractivity contribution < 1.29 is 4.74 Å². The van der Waals surface area contributed by atoms with Crippen LogP contribution in [-0.2, 0) is 0 Å². The molecular weight excluding hydrogens is 302 g/mol. The minimum Gasteiger partial charge on any atom is -0.487 e. The summed E-state index contributed by atoms with van der Waals surface area (Å²) in [7, 11) is 0. The van der Waals surface area contributed by atoms with Gasteiger partial charge in [-0.05, 0) is 41.0 Å². The molecule has 1 aromatic carbocycles. The minimum absolute atomic E-state index is 0.213. The Morgan fingerprint density at radius 1 is 1.41 bits per heavy atom. The predicted octanol–water partition coefficient (Wildman–Crippen LogP) is 4.31. The van der Waals surface area contributed by atoms with Gasteiger partial charge < -0.3 is 10.1 Å². The fourth-order valence-corrected chi connectivity index (χ4v) is 3.25. The number of halogens is 2. The largest absolute Gasteiger partial charge is 0.487 e. The molecular formula is C13H17BrClNO. The number of benzene rings is 1. The molecule has 0 aromatic heterocycles. The molecule has 2 unspecified atom stereocenters. The Morgan fingerprint density at radius 2 is 2.18 bits per heavy atom. The number of ether oxygens (including phenoxy) is 1. The van der Waals surface area contributed by atoms with Crippen molar-refractivity contribution in [2.75, 3.05) is 6.54 Å². The topological polar surface area (TPSA) is 21.3 Å². The Bertz CT molecular complexity index is 411. The van der Waals surface area contributed by atoms with E-state index in [-0.39, 0.29) is 12.1 Å². The quantitative estimate of drug-likeness (QED) is 0.893. The van der Waals surface area contributed by atoms with Crippen molar-refractivity contribution in [2.45, 2.75) is 38.8 Å². The van der Waals surface area contributed by atoms with Gasteiger partial charge in [0.25, 0.3) is 0 Å². The molecule has 2 nitrogen and oxygen atoms in total. The number of hydrogen-bond acceptors (Lipinski definition) is 2. The van der Waals surface area contributed by atoms with Crippen molar-refractivity contribution in [1.82, 2.24) is 5.32 Å². The molecule has 0 saturated carbocycles. The van der Waals surface area contributed by atoms with E-state index in [1.54, 1.807) is 0 Å². The third-order valence-electron chi connectivity index (χ3n) is 3.01.